The van der Waals surface area contributed by atoms with Gasteiger partial charge in [-0.1, -0.05) is 30.3 Å². The van der Waals surface area contributed by atoms with Crippen LogP contribution in [0.1, 0.15) is 12.0 Å². The molecule has 0 bridgehead atoms. The normalized spacial score (nSPS) is 21.1. The van der Waals surface area contributed by atoms with Crippen LogP contribution in [0.15, 0.2) is 54.6 Å². The van der Waals surface area contributed by atoms with Crippen molar-refractivity contribution in [2.45, 2.75) is 19.0 Å². The van der Waals surface area contributed by atoms with Gasteiger partial charge in [0.1, 0.15) is 5.75 Å². The summed E-state index contributed by atoms with van der Waals surface area (Å²) in [4.78, 5) is 31.0. The maximum absolute atomic E-state index is 12.8. The van der Waals surface area contributed by atoms with Crippen molar-refractivity contribution in [2.75, 3.05) is 31.1 Å². The second-order valence-corrected chi connectivity index (χ2v) is 7.06. The highest BCUT2D eigenvalue weighted by molar-refractivity contribution is 6.05. The van der Waals surface area contributed by atoms with E-state index in [2.05, 4.69) is 9.80 Å². The van der Waals surface area contributed by atoms with Crippen LogP contribution in [0.5, 0.6) is 5.75 Å². The van der Waals surface area contributed by atoms with Crippen LogP contribution in [0.4, 0.5) is 5.69 Å². The zero-order valence-corrected chi connectivity index (χ0v) is 15.1. The number of rotatable bonds is 4. The smallest absolute Gasteiger partial charge is 0.247 e. The van der Waals surface area contributed by atoms with Crippen LogP contribution < -0.4 is 4.90 Å². The van der Waals surface area contributed by atoms with Crippen molar-refractivity contribution in [1.82, 2.24) is 9.80 Å². The van der Waals surface area contributed by atoms with Gasteiger partial charge in [0.15, 0.2) is 0 Å². The molecule has 1 N–H and O–H groups in total. The predicted octanol–water partition coefficient (Wildman–Crippen LogP) is 1.84. The first kappa shape index (κ1) is 17.5. The van der Waals surface area contributed by atoms with Crippen molar-refractivity contribution in [3.63, 3.8) is 0 Å². The molecule has 4 rings (SSSR count). The second-order valence-electron chi connectivity index (χ2n) is 7.06. The van der Waals surface area contributed by atoms with E-state index < -0.39 is 0 Å². The lowest BCUT2D eigenvalue weighted by atomic mass is 10.1. The minimum Gasteiger partial charge on any atom is -0.508 e. The zero-order chi connectivity index (χ0) is 18.8. The number of phenols is 1. The van der Waals surface area contributed by atoms with Gasteiger partial charge in [0.25, 0.3) is 0 Å². The number of carbonyl (C=O) groups is 2. The highest BCUT2D eigenvalue weighted by Crippen LogP contribution is 2.24. The maximum Gasteiger partial charge on any atom is 0.247 e. The number of nitrogens with zero attached hydrogens (tertiary/aromatic N) is 3. The third kappa shape index (κ3) is 3.66. The summed E-state index contributed by atoms with van der Waals surface area (Å²) in [5.41, 5.74) is 2.03. The minimum atomic E-state index is -0.344. The minimum absolute atomic E-state index is 0.0815. The van der Waals surface area contributed by atoms with Gasteiger partial charge in [-0.3, -0.25) is 19.4 Å². The Morgan fingerprint density at radius 3 is 2.22 bits per heavy atom. The number of hydrogen-bond acceptors (Lipinski definition) is 5. The summed E-state index contributed by atoms with van der Waals surface area (Å²) >= 11 is 0. The molecule has 0 spiro atoms. The van der Waals surface area contributed by atoms with Crippen molar-refractivity contribution in [1.29, 1.82) is 0 Å². The molecule has 0 unspecified atom stereocenters. The molecule has 0 saturated carbocycles. The lowest BCUT2D eigenvalue weighted by Gasteiger charge is -2.38. The number of amides is 2. The fraction of sp³-hybridized carbons (Fsp3) is 0.333. The third-order valence-corrected chi connectivity index (χ3v) is 5.37. The Morgan fingerprint density at radius 2 is 1.56 bits per heavy atom. The molecule has 2 aliphatic rings. The number of carbonyl (C=O) groups excluding carboxylic acids is 2. The van der Waals surface area contributed by atoms with E-state index >= 15 is 0 Å². The lowest BCUT2D eigenvalue weighted by molar-refractivity contribution is -0.140. The van der Waals surface area contributed by atoms with E-state index in [0.717, 1.165) is 37.4 Å². The SMILES string of the molecule is O=C1C[C@H](N2CCN(c3ccc(O)cc3)CC2)C(=O)N1Cc1ccccc1. The highest BCUT2D eigenvalue weighted by Gasteiger charge is 2.42. The number of aromatic hydroxyl groups is 1. The summed E-state index contributed by atoms with van der Waals surface area (Å²) in [7, 11) is 0. The lowest BCUT2D eigenvalue weighted by Crippen LogP contribution is -2.52. The number of likely N-dealkylation sites (tertiary alicyclic amines) is 1. The Kier molecular flexibility index (Phi) is 4.81. The van der Waals surface area contributed by atoms with Gasteiger partial charge in [0.05, 0.1) is 19.0 Å². The number of piperazine rings is 1. The summed E-state index contributed by atoms with van der Waals surface area (Å²) < 4.78 is 0. The quantitative estimate of drug-likeness (QED) is 0.838. The fourth-order valence-electron chi connectivity index (χ4n) is 3.84. The van der Waals surface area contributed by atoms with Crippen LogP contribution in [-0.4, -0.2) is 58.9 Å². The molecule has 0 radical (unpaired) electrons. The van der Waals surface area contributed by atoms with Gasteiger partial charge in [-0.25, -0.2) is 0 Å². The molecular weight excluding hydrogens is 342 g/mol. The molecule has 6 heteroatoms. The van der Waals surface area contributed by atoms with E-state index in [1.54, 1.807) is 12.1 Å². The monoisotopic (exact) mass is 365 g/mol. The summed E-state index contributed by atoms with van der Waals surface area (Å²) in [5.74, 6) is 0.0858. The molecule has 2 aromatic rings. The van der Waals surface area contributed by atoms with E-state index in [9.17, 15) is 14.7 Å². The number of phenolic OH excluding ortho intramolecular Hbond substituents is 1. The summed E-state index contributed by atoms with van der Waals surface area (Å²) in [6.45, 7) is 3.42. The van der Waals surface area contributed by atoms with E-state index in [0.29, 0.717) is 6.54 Å². The van der Waals surface area contributed by atoms with Crippen molar-refractivity contribution in [3.05, 3.63) is 60.2 Å². The molecule has 27 heavy (non-hydrogen) atoms. The molecule has 2 saturated heterocycles. The van der Waals surface area contributed by atoms with Crippen LogP contribution in [-0.2, 0) is 16.1 Å². The van der Waals surface area contributed by atoms with Gasteiger partial charge in [-0.15, -0.1) is 0 Å². The first-order chi connectivity index (χ1) is 13.1. The summed E-state index contributed by atoms with van der Waals surface area (Å²) in [6, 6.07) is 16.4. The van der Waals surface area contributed by atoms with Gasteiger partial charge < -0.3 is 10.0 Å². The standard InChI is InChI=1S/C21H23N3O3/c25-18-8-6-17(7-9-18)22-10-12-23(13-11-22)19-14-20(26)24(21(19)27)15-16-4-2-1-3-5-16/h1-9,19,25H,10-15H2/t19-/m0/s1. The van der Waals surface area contributed by atoms with Gasteiger partial charge in [0, 0.05) is 31.9 Å². The van der Waals surface area contributed by atoms with Crippen LogP contribution in [0.3, 0.4) is 0 Å². The van der Waals surface area contributed by atoms with Crippen LogP contribution >= 0.6 is 0 Å². The largest absolute Gasteiger partial charge is 0.508 e. The molecule has 1 atom stereocenters. The Balaban J connectivity index is 1.38. The molecule has 140 valence electrons. The molecule has 0 aliphatic carbocycles. The molecular formula is C21H23N3O3. The molecule has 2 aromatic carbocycles. The molecule has 2 fully saturated rings. The van der Waals surface area contributed by atoms with Gasteiger partial charge in [-0.2, -0.15) is 0 Å². The maximum atomic E-state index is 12.8. The van der Waals surface area contributed by atoms with Gasteiger partial charge in [-0.05, 0) is 29.8 Å². The predicted molar refractivity (Wildman–Crippen MR) is 102 cm³/mol. The summed E-state index contributed by atoms with van der Waals surface area (Å²) in [6.07, 6.45) is 0.269. The molecule has 2 aliphatic heterocycles. The number of imide groups is 1. The Hall–Kier alpha value is -2.86. The third-order valence-electron chi connectivity index (χ3n) is 5.37. The average Bonchev–Trinajstić information content (AvgIpc) is 2.98. The van der Waals surface area contributed by atoms with Crippen molar-refractivity contribution < 1.29 is 14.7 Å². The van der Waals surface area contributed by atoms with E-state index in [4.69, 9.17) is 0 Å². The topological polar surface area (TPSA) is 64.1 Å². The van der Waals surface area contributed by atoms with E-state index in [1.807, 2.05) is 42.5 Å². The number of hydrogen-bond donors (Lipinski definition) is 1. The van der Waals surface area contributed by atoms with Crippen molar-refractivity contribution >= 4 is 17.5 Å². The number of benzene rings is 2. The van der Waals surface area contributed by atoms with Gasteiger partial charge in [0.2, 0.25) is 11.8 Å². The molecule has 2 heterocycles. The van der Waals surface area contributed by atoms with E-state index in [1.165, 1.54) is 4.90 Å². The van der Waals surface area contributed by atoms with Crippen LogP contribution in [0, 0.1) is 0 Å². The average molecular weight is 365 g/mol. The summed E-state index contributed by atoms with van der Waals surface area (Å²) in [5, 5.41) is 9.42. The highest BCUT2D eigenvalue weighted by atomic mass is 16.3. The Bertz CT molecular complexity index is 814. The fourth-order valence-corrected chi connectivity index (χ4v) is 3.84. The Labute approximate surface area is 158 Å². The van der Waals surface area contributed by atoms with Gasteiger partial charge >= 0.3 is 0 Å². The molecule has 2 amide bonds. The molecule has 0 aromatic heterocycles. The Morgan fingerprint density at radius 1 is 0.889 bits per heavy atom. The van der Waals surface area contributed by atoms with Crippen LogP contribution in [0.25, 0.3) is 0 Å². The van der Waals surface area contributed by atoms with E-state index in [-0.39, 0.29) is 30.0 Å². The first-order valence-electron chi connectivity index (χ1n) is 9.28. The first-order valence-corrected chi connectivity index (χ1v) is 9.28. The number of anilines is 1. The molecule has 6 nitrogen and oxygen atoms in total. The van der Waals surface area contributed by atoms with Crippen molar-refractivity contribution in [2.24, 2.45) is 0 Å². The van der Waals surface area contributed by atoms with Crippen LogP contribution in [0.2, 0.25) is 0 Å². The zero-order valence-electron chi connectivity index (χ0n) is 15.1. The second kappa shape index (κ2) is 7.40. The van der Waals surface area contributed by atoms with Crippen molar-refractivity contribution in [3.8, 4) is 5.75 Å².